The minimum Gasteiger partial charge on any atom is -0.360 e. The highest BCUT2D eigenvalue weighted by Gasteiger charge is 2.31. The fourth-order valence-corrected chi connectivity index (χ4v) is 4.79. The van der Waals surface area contributed by atoms with Gasteiger partial charge in [0.1, 0.15) is 0 Å². The lowest BCUT2D eigenvalue weighted by atomic mass is 10.00. The molecule has 0 spiro atoms. The predicted molar refractivity (Wildman–Crippen MR) is 99.8 cm³/mol. The van der Waals surface area contributed by atoms with E-state index in [4.69, 9.17) is 0 Å². The van der Waals surface area contributed by atoms with E-state index in [0.717, 1.165) is 39.2 Å². The monoisotopic (exact) mass is 345 g/mol. The molecule has 0 bridgehead atoms. The third-order valence-electron chi connectivity index (χ3n) is 4.70. The zero-order valence-electron chi connectivity index (χ0n) is 13.3. The Balaban J connectivity index is 1.62. The molecule has 1 N–H and O–H groups in total. The van der Waals surface area contributed by atoms with Crippen LogP contribution in [-0.4, -0.2) is 20.3 Å². The van der Waals surface area contributed by atoms with Crippen molar-refractivity contribution in [2.45, 2.75) is 11.1 Å². The Hall–Kier alpha value is -2.79. The number of hydrogen-bond donors (Lipinski definition) is 1. The number of pyridine rings is 1. The first-order valence-electron chi connectivity index (χ1n) is 8.14. The summed E-state index contributed by atoms with van der Waals surface area (Å²) < 4.78 is 2.17. The van der Waals surface area contributed by atoms with Crippen LogP contribution in [0.25, 0.3) is 10.9 Å². The summed E-state index contributed by atoms with van der Waals surface area (Å²) in [4.78, 5) is 20.7. The van der Waals surface area contributed by atoms with Crippen LogP contribution in [0, 0.1) is 0 Å². The number of hydrogen-bond acceptors (Lipinski definition) is 3. The number of para-hydroxylation sites is 1. The van der Waals surface area contributed by atoms with E-state index < -0.39 is 0 Å². The number of carbonyl (C=O) groups is 1. The first kappa shape index (κ1) is 14.5. The van der Waals surface area contributed by atoms with E-state index in [1.165, 1.54) is 0 Å². The van der Waals surface area contributed by atoms with Gasteiger partial charge in [0.2, 0.25) is 0 Å². The Morgan fingerprint density at radius 1 is 1.16 bits per heavy atom. The van der Waals surface area contributed by atoms with Crippen LogP contribution in [-0.2, 0) is 5.88 Å². The molecule has 1 unspecified atom stereocenters. The molecule has 5 rings (SSSR count). The maximum Gasteiger partial charge on any atom is 0.197 e. The molecule has 1 aromatic carbocycles. The van der Waals surface area contributed by atoms with Gasteiger partial charge in [-0.15, -0.1) is 11.8 Å². The van der Waals surface area contributed by atoms with Crippen LogP contribution < -0.4 is 0 Å². The number of aromatic nitrogens is 3. The number of nitrogens with zero attached hydrogens (tertiary/aromatic N) is 2. The van der Waals surface area contributed by atoms with Crippen molar-refractivity contribution in [1.29, 1.82) is 0 Å². The van der Waals surface area contributed by atoms with Gasteiger partial charge in [-0.2, -0.15) is 0 Å². The molecule has 3 aromatic heterocycles. The summed E-state index contributed by atoms with van der Waals surface area (Å²) in [5.74, 6) is 0.929. The van der Waals surface area contributed by atoms with Crippen LogP contribution >= 0.6 is 11.8 Å². The van der Waals surface area contributed by atoms with E-state index in [1.54, 1.807) is 6.20 Å². The normalized spacial score (nSPS) is 16.2. The van der Waals surface area contributed by atoms with E-state index in [1.807, 2.05) is 66.8 Å². The zero-order chi connectivity index (χ0) is 16.8. The predicted octanol–water partition coefficient (Wildman–Crippen LogP) is 4.39. The lowest BCUT2D eigenvalue weighted by Crippen LogP contribution is -2.06. The summed E-state index contributed by atoms with van der Waals surface area (Å²) in [6.07, 6.45) is 7.50. The second-order valence-electron chi connectivity index (χ2n) is 6.12. The topological polar surface area (TPSA) is 50.7 Å². The van der Waals surface area contributed by atoms with Crippen molar-refractivity contribution in [3.8, 4) is 0 Å². The molecule has 1 aliphatic rings. The van der Waals surface area contributed by atoms with Crippen molar-refractivity contribution < 1.29 is 4.79 Å². The molecule has 0 saturated heterocycles. The number of rotatable bonds is 3. The fraction of sp³-hybridized carbons (Fsp3) is 0.100. The highest BCUT2D eigenvalue weighted by Crippen LogP contribution is 2.44. The SMILES string of the molecule is O=C(c1ccn2c1C(c1cccnc1)SC2)c1c[nH]c2ccccc12. The van der Waals surface area contributed by atoms with Crippen molar-refractivity contribution in [2.24, 2.45) is 0 Å². The minimum atomic E-state index is 0.0718. The Labute approximate surface area is 148 Å². The van der Waals surface area contributed by atoms with Gasteiger partial charge >= 0.3 is 0 Å². The van der Waals surface area contributed by atoms with Gasteiger partial charge in [0.25, 0.3) is 0 Å². The zero-order valence-corrected chi connectivity index (χ0v) is 14.2. The number of ketones is 1. The number of thioether (sulfide) groups is 1. The Morgan fingerprint density at radius 2 is 2.08 bits per heavy atom. The van der Waals surface area contributed by atoms with Gasteiger partial charge in [0.15, 0.2) is 5.78 Å². The van der Waals surface area contributed by atoms with Crippen LogP contribution in [0.5, 0.6) is 0 Å². The third-order valence-corrected chi connectivity index (χ3v) is 5.96. The minimum absolute atomic E-state index is 0.0718. The molecule has 4 heterocycles. The fourth-order valence-electron chi connectivity index (χ4n) is 3.50. The largest absolute Gasteiger partial charge is 0.360 e. The Bertz CT molecular complexity index is 1080. The molecule has 1 aliphatic heterocycles. The van der Waals surface area contributed by atoms with Gasteiger partial charge < -0.3 is 9.55 Å². The molecule has 0 radical (unpaired) electrons. The van der Waals surface area contributed by atoms with Gasteiger partial charge in [-0.3, -0.25) is 9.78 Å². The quantitative estimate of drug-likeness (QED) is 0.560. The summed E-state index contributed by atoms with van der Waals surface area (Å²) in [5.41, 5.74) is 4.71. The third kappa shape index (κ3) is 2.23. The molecule has 25 heavy (non-hydrogen) atoms. The number of H-pyrrole nitrogens is 1. The van der Waals surface area contributed by atoms with Crippen molar-refractivity contribution in [3.05, 3.63) is 89.6 Å². The van der Waals surface area contributed by atoms with E-state index in [9.17, 15) is 4.79 Å². The summed E-state index contributed by atoms with van der Waals surface area (Å²) in [6.45, 7) is 0. The Kier molecular flexibility index (Phi) is 3.28. The highest BCUT2D eigenvalue weighted by molar-refractivity contribution is 7.99. The van der Waals surface area contributed by atoms with Gasteiger partial charge in [0, 0.05) is 52.5 Å². The van der Waals surface area contributed by atoms with Crippen LogP contribution in [0.1, 0.15) is 32.4 Å². The summed E-state index contributed by atoms with van der Waals surface area (Å²) in [7, 11) is 0. The number of benzene rings is 1. The second-order valence-corrected chi connectivity index (χ2v) is 7.19. The smallest absolute Gasteiger partial charge is 0.197 e. The molecule has 0 fully saturated rings. The van der Waals surface area contributed by atoms with E-state index in [0.29, 0.717) is 0 Å². The maximum atomic E-state index is 13.3. The summed E-state index contributed by atoms with van der Waals surface area (Å²) in [6, 6.07) is 13.9. The van der Waals surface area contributed by atoms with Gasteiger partial charge in [-0.1, -0.05) is 24.3 Å². The molecule has 4 nitrogen and oxygen atoms in total. The molecule has 4 aromatic rings. The van der Waals surface area contributed by atoms with Crippen molar-refractivity contribution in [2.75, 3.05) is 0 Å². The van der Waals surface area contributed by atoms with Gasteiger partial charge in [0.05, 0.1) is 11.1 Å². The standard InChI is InChI=1S/C20H15N3OS/c24-19(16-11-22-17-6-2-1-5-14(16)17)15-7-9-23-12-25-20(18(15)23)13-4-3-8-21-10-13/h1-11,20,22H,12H2. The van der Waals surface area contributed by atoms with E-state index in [2.05, 4.69) is 20.6 Å². The number of aromatic amines is 1. The molecular formula is C20H15N3OS. The lowest BCUT2D eigenvalue weighted by Gasteiger charge is -2.11. The number of fused-ring (bicyclic) bond motifs is 2. The summed E-state index contributed by atoms with van der Waals surface area (Å²) >= 11 is 1.83. The maximum absolute atomic E-state index is 13.3. The average molecular weight is 345 g/mol. The van der Waals surface area contributed by atoms with Crippen molar-refractivity contribution in [3.63, 3.8) is 0 Å². The van der Waals surface area contributed by atoms with Crippen molar-refractivity contribution in [1.82, 2.24) is 14.5 Å². The Morgan fingerprint density at radius 3 is 2.96 bits per heavy atom. The van der Waals surface area contributed by atoms with Gasteiger partial charge in [-0.25, -0.2) is 0 Å². The van der Waals surface area contributed by atoms with Crippen LogP contribution in [0.3, 0.4) is 0 Å². The van der Waals surface area contributed by atoms with Crippen LogP contribution in [0.15, 0.2) is 67.3 Å². The molecule has 5 heteroatoms. The molecule has 0 saturated carbocycles. The lowest BCUT2D eigenvalue weighted by molar-refractivity contribution is 0.103. The number of nitrogens with one attached hydrogen (secondary N) is 1. The van der Waals surface area contributed by atoms with E-state index >= 15 is 0 Å². The molecular weight excluding hydrogens is 330 g/mol. The first-order valence-corrected chi connectivity index (χ1v) is 9.19. The molecule has 1 atom stereocenters. The number of carbonyl (C=O) groups excluding carboxylic acids is 1. The van der Waals surface area contributed by atoms with Gasteiger partial charge in [-0.05, 0) is 23.8 Å². The highest BCUT2D eigenvalue weighted by atomic mass is 32.2. The van der Waals surface area contributed by atoms with E-state index in [-0.39, 0.29) is 11.0 Å². The van der Waals surface area contributed by atoms with Crippen molar-refractivity contribution >= 4 is 28.4 Å². The first-order chi connectivity index (χ1) is 12.3. The molecule has 122 valence electrons. The summed E-state index contributed by atoms with van der Waals surface area (Å²) in [5, 5.41) is 1.11. The molecule has 0 amide bonds. The van der Waals surface area contributed by atoms with Crippen LogP contribution in [0.4, 0.5) is 0 Å². The van der Waals surface area contributed by atoms with Crippen LogP contribution in [0.2, 0.25) is 0 Å². The molecule has 0 aliphatic carbocycles. The average Bonchev–Trinajstić information content (AvgIpc) is 3.36. The second kappa shape index (κ2) is 5.63.